The molecule has 0 radical (unpaired) electrons. The maximum atomic E-state index is 10.4. The van der Waals surface area contributed by atoms with Gasteiger partial charge in [0.15, 0.2) is 0 Å². The predicted molar refractivity (Wildman–Crippen MR) is 59.9 cm³/mol. The van der Waals surface area contributed by atoms with Crippen LogP contribution in [-0.2, 0) is 14.3 Å². The van der Waals surface area contributed by atoms with E-state index < -0.39 is 18.0 Å². The van der Waals surface area contributed by atoms with E-state index >= 15 is 0 Å². The standard InChI is InChI=1S/C6H10O3.C5H10O2/c1-3-4-9-6(8)5(2)7;1-4(2)3-5(6)7/h3,5,7H,1,4H2,2H3;4H,3H2,1-2H3,(H,6,7). The van der Waals surface area contributed by atoms with Gasteiger partial charge in [-0.05, 0) is 12.8 Å². The number of aliphatic carboxylic acids is 1. The molecule has 0 aromatic heterocycles. The number of ether oxygens (including phenoxy) is 1. The topological polar surface area (TPSA) is 83.8 Å². The molecule has 0 aromatic rings. The first-order valence-electron chi connectivity index (χ1n) is 4.98. The van der Waals surface area contributed by atoms with Gasteiger partial charge in [0.1, 0.15) is 12.7 Å². The van der Waals surface area contributed by atoms with Crippen molar-refractivity contribution in [2.75, 3.05) is 6.61 Å². The molecule has 0 spiro atoms. The van der Waals surface area contributed by atoms with Crippen LogP contribution in [0.2, 0.25) is 0 Å². The first-order valence-corrected chi connectivity index (χ1v) is 4.98. The van der Waals surface area contributed by atoms with Gasteiger partial charge in [-0.15, -0.1) is 0 Å². The van der Waals surface area contributed by atoms with E-state index in [1.54, 1.807) is 0 Å². The smallest absolute Gasteiger partial charge is 0.334 e. The summed E-state index contributed by atoms with van der Waals surface area (Å²) in [5.74, 6) is -1.05. The molecule has 0 amide bonds. The molecular weight excluding hydrogens is 212 g/mol. The summed E-state index contributed by atoms with van der Waals surface area (Å²) >= 11 is 0. The van der Waals surface area contributed by atoms with Crippen LogP contribution in [0.3, 0.4) is 0 Å². The fourth-order valence-electron chi connectivity index (χ4n) is 0.611. The molecular formula is C11H20O5. The monoisotopic (exact) mass is 232 g/mol. The van der Waals surface area contributed by atoms with Gasteiger partial charge in [-0.1, -0.05) is 26.5 Å². The molecule has 16 heavy (non-hydrogen) atoms. The van der Waals surface area contributed by atoms with Crippen molar-refractivity contribution < 1.29 is 24.5 Å². The Morgan fingerprint density at radius 1 is 1.38 bits per heavy atom. The van der Waals surface area contributed by atoms with Crippen LogP contribution in [-0.4, -0.2) is 34.9 Å². The highest BCUT2D eigenvalue weighted by Gasteiger charge is 2.07. The van der Waals surface area contributed by atoms with Crippen molar-refractivity contribution in [2.45, 2.75) is 33.3 Å². The number of carboxylic acids is 1. The highest BCUT2D eigenvalue weighted by atomic mass is 16.5. The largest absolute Gasteiger partial charge is 0.481 e. The summed E-state index contributed by atoms with van der Waals surface area (Å²) in [5.41, 5.74) is 0. The minimum absolute atomic E-state index is 0.156. The van der Waals surface area contributed by atoms with Crippen LogP contribution in [0.5, 0.6) is 0 Å². The fraction of sp³-hybridized carbons (Fsp3) is 0.636. The Morgan fingerprint density at radius 3 is 2.06 bits per heavy atom. The minimum atomic E-state index is -1.04. The molecule has 0 saturated heterocycles. The van der Waals surface area contributed by atoms with Crippen LogP contribution >= 0.6 is 0 Å². The number of carbonyl (C=O) groups is 2. The molecule has 0 saturated carbocycles. The second-order valence-electron chi connectivity index (χ2n) is 3.59. The molecule has 0 bridgehead atoms. The average Bonchev–Trinajstić information content (AvgIpc) is 2.12. The Kier molecular flexibility index (Phi) is 10.8. The van der Waals surface area contributed by atoms with E-state index in [0.717, 1.165) is 0 Å². The van der Waals surface area contributed by atoms with Crippen LogP contribution in [0, 0.1) is 5.92 Å². The van der Waals surface area contributed by atoms with E-state index in [-0.39, 0.29) is 18.9 Å². The molecule has 5 heteroatoms. The van der Waals surface area contributed by atoms with Gasteiger partial charge in [-0.2, -0.15) is 0 Å². The summed E-state index contributed by atoms with van der Waals surface area (Å²) in [4.78, 5) is 20.2. The number of hydrogen-bond acceptors (Lipinski definition) is 4. The number of aliphatic hydroxyl groups excluding tert-OH is 1. The summed E-state index contributed by atoms with van der Waals surface area (Å²) in [7, 11) is 0. The molecule has 1 unspecified atom stereocenters. The van der Waals surface area contributed by atoms with E-state index in [4.69, 9.17) is 10.2 Å². The maximum absolute atomic E-state index is 10.4. The van der Waals surface area contributed by atoms with Gasteiger partial charge in [0, 0.05) is 6.42 Å². The lowest BCUT2D eigenvalue weighted by molar-refractivity contribution is -0.151. The SMILES string of the molecule is C=CCOC(=O)C(C)O.CC(C)CC(=O)O. The lowest BCUT2D eigenvalue weighted by atomic mass is 10.1. The molecule has 5 nitrogen and oxygen atoms in total. The van der Waals surface area contributed by atoms with Crippen molar-refractivity contribution in [2.24, 2.45) is 5.92 Å². The third kappa shape index (κ3) is 15.1. The third-order valence-corrected chi connectivity index (χ3v) is 1.27. The van der Waals surface area contributed by atoms with Gasteiger partial charge < -0.3 is 14.9 Å². The average molecular weight is 232 g/mol. The number of carbonyl (C=O) groups excluding carboxylic acids is 1. The van der Waals surface area contributed by atoms with Gasteiger partial charge in [0.25, 0.3) is 0 Å². The number of carboxylic acid groups (broad SMARTS) is 1. The lowest BCUT2D eigenvalue weighted by Gasteiger charge is -2.01. The Labute approximate surface area is 95.7 Å². The molecule has 0 heterocycles. The zero-order chi connectivity index (χ0) is 13.1. The molecule has 0 fully saturated rings. The Morgan fingerprint density at radius 2 is 1.88 bits per heavy atom. The fourth-order valence-corrected chi connectivity index (χ4v) is 0.611. The van der Waals surface area contributed by atoms with Crippen molar-refractivity contribution in [3.05, 3.63) is 12.7 Å². The molecule has 0 rings (SSSR count). The number of aliphatic hydroxyl groups is 1. The molecule has 0 aliphatic carbocycles. The molecule has 0 aliphatic heterocycles. The number of esters is 1. The van der Waals surface area contributed by atoms with Crippen LogP contribution in [0.15, 0.2) is 12.7 Å². The van der Waals surface area contributed by atoms with Gasteiger partial charge in [0.2, 0.25) is 0 Å². The van der Waals surface area contributed by atoms with Crippen molar-refractivity contribution in [3.8, 4) is 0 Å². The maximum Gasteiger partial charge on any atom is 0.334 e. The highest BCUT2D eigenvalue weighted by molar-refractivity contribution is 5.73. The van der Waals surface area contributed by atoms with E-state index in [0.29, 0.717) is 0 Å². The van der Waals surface area contributed by atoms with Gasteiger partial charge in [-0.3, -0.25) is 4.79 Å². The van der Waals surface area contributed by atoms with Crippen molar-refractivity contribution in [1.82, 2.24) is 0 Å². The van der Waals surface area contributed by atoms with Crippen LogP contribution in [0.4, 0.5) is 0 Å². The van der Waals surface area contributed by atoms with Crippen molar-refractivity contribution in [1.29, 1.82) is 0 Å². The summed E-state index contributed by atoms with van der Waals surface area (Å²) in [5, 5.41) is 16.6. The van der Waals surface area contributed by atoms with Crippen molar-refractivity contribution >= 4 is 11.9 Å². The summed E-state index contributed by atoms with van der Waals surface area (Å²) in [6.45, 7) is 8.61. The zero-order valence-corrected chi connectivity index (χ0v) is 9.97. The van der Waals surface area contributed by atoms with Crippen LogP contribution in [0.1, 0.15) is 27.2 Å². The molecule has 94 valence electrons. The first-order chi connectivity index (χ1) is 7.31. The Hall–Kier alpha value is -1.36. The second kappa shape index (κ2) is 10.2. The predicted octanol–water partition coefficient (Wildman–Crippen LogP) is 1.21. The van der Waals surface area contributed by atoms with E-state index in [9.17, 15) is 9.59 Å². The number of hydrogen-bond donors (Lipinski definition) is 2. The Balaban J connectivity index is 0. The van der Waals surface area contributed by atoms with Crippen LogP contribution in [0.25, 0.3) is 0 Å². The lowest BCUT2D eigenvalue weighted by Crippen LogP contribution is -2.19. The van der Waals surface area contributed by atoms with E-state index in [2.05, 4.69) is 11.3 Å². The summed E-state index contributed by atoms with van der Waals surface area (Å²) in [6, 6.07) is 0. The van der Waals surface area contributed by atoms with E-state index in [1.165, 1.54) is 13.0 Å². The zero-order valence-electron chi connectivity index (χ0n) is 9.97. The minimum Gasteiger partial charge on any atom is -0.481 e. The molecule has 0 aromatic carbocycles. The van der Waals surface area contributed by atoms with Gasteiger partial charge in [-0.25, -0.2) is 4.79 Å². The van der Waals surface area contributed by atoms with E-state index in [1.807, 2.05) is 13.8 Å². The second-order valence-corrected chi connectivity index (χ2v) is 3.59. The highest BCUT2D eigenvalue weighted by Crippen LogP contribution is 1.96. The van der Waals surface area contributed by atoms with Gasteiger partial charge >= 0.3 is 11.9 Å². The van der Waals surface area contributed by atoms with Crippen molar-refractivity contribution in [3.63, 3.8) is 0 Å². The normalized spacial score (nSPS) is 11.1. The number of rotatable bonds is 5. The quantitative estimate of drug-likeness (QED) is 0.550. The van der Waals surface area contributed by atoms with Gasteiger partial charge in [0.05, 0.1) is 0 Å². The first kappa shape index (κ1) is 17.0. The third-order valence-electron chi connectivity index (χ3n) is 1.27. The Bertz CT molecular complexity index is 220. The molecule has 2 N–H and O–H groups in total. The summed E-state index contributed by atoms with van der Waals surface area (Å²) in [6.07, 6.45) is 0.685. The van der Waals surface area contributed by atoms with Crippen LogP contribution < -0.4 is 0 Å². The molecule has 1 atom stereocenters. The molecule has 0 aliphatic rings. The summed E-state index contributed by atoms with van der Waals surface area (Å²) < 4.78 is 4.45.